The molecule has 4 rings (SSSR count). The highest BCUT2D eigenvalue weighted by molar-refractivity contribution is 6.31. The van der Waals surface area contributed by atoms with Gasteiger partial charge in [0.2, 0.25) is 0 Å². The molecule has 42 heavy (non-hydrogen) atoms. The summed E-state index contributed by atoms with van der Waals surface area (Å²) < 4.78 is 10.3. The van der Waals surface area contributed by atoms with Gasteiger partial charge in [0.05, 0.1) is 26.3 Å². The third-order valence-electron chi connectivity index (χ3n) is 7.65. The van der Waals surface area contributed by atoms with Gasteiger partial charge in [0.15, 0.2) is 11.3 Å². The van der Waals surface area contributed by atoms with Crippen molar-refractivity contribution in [3.8, 4) is 11.6 Å². The molecule has 1 fully saturated rings. The molecule has 1 aliphatic rings. The lowest BCUT2D eigenvalue weighted by atomic mass is 9.93. The predicted molar refractivity (Wildman–Crippen MR) is 171 cm³/mol. The highest BCUT2D eigenvalue weighted by Gasteiger charge is 2.24. The molecule has 0 unspecified atom stereocenters. The molecule has 0 bridgehead atoms. The largest absolute Gasteiger partial charge is 0.497 e. The van der Waals surface area contributed by atoms with E-state index in [1.165, 1.54) is 38.0 Å². The number of aromatic nitrogens is 1. The average Bonchev–Trinajstić information content (AvgIpc) is 2.99. The lowest BCUT2D eigenvalue weighted by molar-refractivity contribution is 0.0950. The summed E-state index contributed by atoms with van der Waals surface area (Å²) in [5.74, 6) is 1.01. The van der Waals surface area contributed by atoms with Crippen LogP contribution in [0.4, 0.5) is 5.69 Å². The number of halogens is 1. The van der Waals surface area contributed by atoms with Crippen molar-refractivity contribution in [3.63, 3.8) is 0 Å². The first-order valence-electron chi connectivity index (χ1n) is 14.6. The van der Waals surface area contributed by atoms with Crippen LogP contribution in [0.1, 0.15) is 71.8 Å². The molecule has 1 amide bonds. The zero-order chi connectivity index (χ0) is 30.6. The van der Waals surface area contributed by atoms with Crippen molar-refractivity contribution in [3.05, 3.63) is 85.7 Å². The van der Waals surface area contributed by atoms with Crippen LogP contribution in [0, 0.1) is 13.8 Å². The van der Waals surface area contributed by atoms with E-state index in [4.69, 9.17) is 21.1 Å². The normalized spacial score (nSPS) is 13.1. The number of rotatable bonds is 10. The van der Waals surface area contributed by atoms with Gasteiger partial charge < -0.3 is 30.0 Å². The number of nitrogens with zero attached hydrogens (tertiary/aromatic N) is 1. The summed E-state index contributed by atoms with van der Waals surface area (Å²) in [7, 11) is 5.10. The topological polar surface area (TPSA) is 95.7 Å². The molecule has 1 aliphatic carbocycles. The van der Waals surface area contributed by atoms with Crippen LogP contribution < -0.4 is 30.4 Å². The summed E-state index contributed by atoms with van der Waals surface area (Å²) in [6.45, 7) is 7.73. The molecular formula is C33H45ClN4O4. The summed E-state index contributed by atoms with van der Waals surface area (Å²) in [6, 6.07) is 13.7. The van der Waals surface area contributed by atoms with Gasteiger partial charge >= 0.3 is 0 Å². The van der Waals surface area contributed by atoms with E-state index in [0.717, 1.165) is 42.9 Å². The highest BCUT2D eigenvalue weighted by atomic mass is 35.5. The van der Waals surface area contributed by atoms with Crippen molar-refractivity contribution in [2.24, 2.45) is 0 Å². The van der Waals surface area contributed by atoms with E-state index < -0.39 is 0 Å². The maximum absolute atomic E-state index is 13.1. The van der Waals surface area contributed by atoms with Crippen LogP contribution in [0.3, 0.4) is 0 Å². The van der Waals surface area contributed by atoms with Crippen molar-refractivity contribution in [1.82, 2.24) is 15.6 Å². The van der Waals surface area contributed by atoms with Gasteiger partial charge in [-0.25, -0.2) is 0 Å². The molecular weight excluding hydrogens is 552 g/mol. The minimum atomic E-state index is -0.261. The number of carbonyl (C=O) groups excluding carboxylic acids is 1. The third kappa shape index (κ3) is 8.76. The maximum Gasteiger partial charge on any atom is 0.251 e. The number of amides is 1. The van der Waals surface area contributed by atoms with E-state index in [2.05, 4.69) is 39.6 Å². The lowest BCUT2D eigenvalue weighted by Gasteiger charge is -2.36. The number of carbonyl (C=O) groups is 1. The number of anilines is 1. The molecule has 3 aromatic rings. The van der Waals surface area contributed by atoms with Crippen molar-refractivity contribution in [2.75, 3.05) is 32.7 Å². The summed E-state index contributed by atoms with van der Waals surface area (Å²) in [5, 5.41) is 6.48. The summed E-state index contributed by atoms with van der Waals surface area (Å²) >= 11 is 6.43. The minimum Gasteiger partial charge on any atom is -0.497 e. The highest BCUT2D eigenvalue weighted by Crippen LogP contribution is 2.33. The molecule has 0 saturated heterocycles. The van der Waals surface area contributed by atoms with Crippen LogP contribution >= 0.6 is 11.6 Å². The number of pyridine rings is 1. The Morgan fingerprint density at radius 3 is 2.31 bits per heavy atom. The molecule has 2 aromatic carbocycles. The van der Waals surface area contributed by atoms with E-state index in [1.54, 1.807) is 20.1 Å². The molecule has 8 nitrogen and oxygen atoms in total. The number of ether oxygens (including phenoxy) is 2. The van der Waals surface area contributed by atoms with Gasteiger partial charge in [-0.15, -0.1) is 0 Å². The SMILES string of the molecule is CCN(c1cc(Cl)cc(C(=O)NCc2c(OC)[nH]c(C)cc2=O)c1C)C1CCCCC1.CNCc1ccc(OC)cc1. The van der Waals surface area contributed by atoms with Crippen molar-refractivity contribution in [2.45, 2.75) is 72.0 Å². The van der Waals surface area contributed by atoms with Crippen LogP contribution in [0.2, 0.25) is 5.02 Å². The van der Waals surface area contributed by atoms with E-state index in [9.17, 15) is 9.59 Å². The first kappa shape index (κ1) is 33.0. The van der Waals surface area contributed by atoms with Crippen LogP contribution in [0.5, 0.6) is 11.6 Å². The van der Waals surface area contributed by atoms with Crippen LogP contribution in [0.25, 0.3) is 0 Å². The molecule has 1 heterocycles. The predicted octanol–water partition coefficient (Wildman–Crippen LogP) is 6.16. The summed E-state index contributed by atoms with van der Waals surface area (Å²) in [4.78, 5) is 30.8. The van der Waals surface area contributed by atoms with Gasteiger partial charge in [-0.1, -0.05) is 43.0 Å². The maximum atomic E-state index is 13.1. The first-order valence-corrected chi connectivity index (χ1v) is 15.0. The Kier molecular flexibility index (Phi) is 12.8. The Labute approximate surface area is 254 Å². The van der Waals surface area contributed by atoms with Crippen molar-refractivity contribution < 1.29 is 14.3 Å². The number of H-pyrrole nitrogens is 1. The Morgan fingerprint density at radius 2 is 1.71 bits per heavy atom. The van der Waals surface area contributed by atoms with Gasteiger partial charge in [0.1, 0.15) is 5.75 Å². The smallest absolute Gasteiger partial charge is 0.251 e. The fourth-order valence-electron chi connectivity index (χ4n) is 5.46. The van der Waals surface area contributed by atoms with Gasteiger partial charge in [-0.3, -0.25) is 9.59 Å². The number of aromatic amines is 1. The fraction of sp³-hybridized carbons (Fsp3) is 0.455. The number of aryl methyl sites for hydroxylation is 1. The number of hydrogen-bond acceptors (Lipinski definition) is 6. The van der Waals surface area contributed by atoms with Gasteiger partial charge in [0.25, 0.3) is 5.91 Å². The number of hydrogen-bond donors (Lipinski definition) is 3. The van der Waals surface area contributed by atoms with E-state index in [1.807, 2.05) is 32.2 Å². The van der Waals surface area contributed by atoms with E-state index in [0.29, 0.717) is 33.8 Å². The monoisotopic (exact) mass is 596 g/mol. The second kappa shape index (κ2) is 16.2. The second-order valence-electron chi connectivity index (χ2n) is 10.6. The van der Waals surface area contributed by atoms with Crippen molar-refractivity contribution in [1.29, 1.82) is 0 Å². The molecule has 9 heteroatoms. The van der Waals surface area contributed by atoms with Crippen LogP contribution in [-0.4, -0.2) is 44.7 Å². The number of benzene rings is 2. The number of methoxy groups -OCH3 is 2. The number of nitrogens with one attached hydrogen (secondary N) is 3. The molecule has 1 saturated carbocycles. The Morgan fingerprint density at radius 1 is 1.02 bits per heavy atom. The molecule has 228 valence electrons. The second-order valence-corrected chi connectivity index (χ2v) is 11.0. The Bertz CT molecular complexity index is 1370. The summed E-state index contributed by atoms with van der Waals surface area (Å²) in [5.41, 5.74) is 4.63. The first-order chi connectivity index (χ1) is 20.2. The third-order valence-corrected chi connectivity index (χ3v) is 7.87. The average molecular weight is 597 g/mol. The molecule has 3 N–H and O–H groups in total. The van der Waals surface area contributed by atoms with E-state index in [-0.39, 0.29) is 17.9 Å². The Balaban J connectivity index is 0.000000369. The van der Waals surface area contributed by atoms with E-state index >= 15 is 0 Å². The van der Waals surface area contributed by atoms with Crippen LogP contribution in [-0.2, 0) is 13.1 Å². The molecule has 0 radical (unpaired) electrons. The minimum absolute atomic E-state index is 0.0685. The quantitative estimate of drug-likeness (QED) is 0.260. The molecule has 0 aliphatic heterocycles. The van der Waals surface area contributed by atoms with Crippen molar-refractivity contribution >= 4 is 23.2 Å². The molecule has 0 atom stereocenters. The molecule has 1 aromatic heterocycles. The van der Waals surface area contributed by atoms with Gasteiger partial charge in [-0.2, -0.15) is 0 Å². The fourth-order valence-corrected chi connectivity index (χ4v) is 5.67. The Hall–Kier alpha value is -3.49. The molecule has 0 spiro atoms. The summed E-state index contributed by atoms with van der Waals surface area (Å²) in [6.07, 6.45) is 6.09. The lowest BCUT2D eigenvalue weighted by Crippen LogP contribution is -2.37. The zero-order valence-electron chi connectivity index (χ0n) is 25.7. The van der Waals surface area contributed by atoms with Crippen LogP contribution in [0.15, 0.2) is 47.3 Å². The van der Waals surface area contributed by atoms with Gasteiger partial charge in [-0.05, 0) is 76.1 Å². The van der Waals surface area contributed by atoms with Gasteiger partial charge in [0, 0.05) is 47.2 Å². The standard InChI is InChI=1S/C24H32ClN3O3.C9H13NO/c1-5-28(18-9-7-6-8-10-18)21-13-17(25)12-19(16(21)3)23(30)26-14-20-22(29)11-15(2)27-24(20)31-4;1-10-7-8-3-5-9(11-2)6-4-8/h11-13,18H,5-10,14H2,1-4H3,(H,26,30)(H,27,29);3-6,10H,7H2,1-2H3. The zero-order valence-corrected chi connectivity index (χ0v) is 26.5.